The minimum absolute atomic E-state index is 0.0369. The van der Waals surface area contributed by atoms with E-state index in [1.807, 2.05) is 43.3 Å². The van der Waals surface area contributed by atoms with E-state index in [1.54, 1.807) is 12.3 Å². The van der Waals surface area contributed by atoms with Crippen LogP contribution in [0.5, 0.6) is 0 Å². The van der Waals surface area contributed by atoms with Gasteiger partial charge in [0.05, 0.1) is 34.0 Å². The number of anilines is 1. The molecule has 2 aliphatic heterocycles. The number of hydrogen-bond acceptors (Lipinski definition) is 8. The molecule has 0 radical (unpaired) electrons. The predicted octanol–water partition coefficient (Wildman–Crippen LogP) is 3.58. The highest BCUT2D eigenvalue weighted by Gasteiger charge is 2.24. The third kappa shape index (κ3) is 5.59. The quantitative estimate of drug-likeness (QED) is 0.498. The number of aromatic nitrogens is 1. The number of nitrogens with zero attached hydrogens (tertiary/aromatic N) is 4. The predicted molar refractivity (Wildman–Crippen MR) is 148 cm³/mol. The molecule has 1 atom stereocenters. The molecule has 2 fully saturated rings. The lowest BCUT2D eigenvalue weighted by Crippen LogP contribution is -2.36. The Kier molecular flexibility index (Phi) is 7.31. The molecule has 188 valence electrons. The Morgan fingerprint density at radius 3 is 2.83 bits per heavy atom. The van der Waals surface area contributed by atoms with Gasteiger partial charge in [-0.25, -0.2) is 9.98 Å². The van der Waals surface area contributed by atoms with Crippen LogP contribution >= 0.6 is 11.3 Å². The van der Waals surface area contributed by atoms with E-state index in [0.717, 1.165) is 59.6 Å². The van der Waals surface area contributed by atoms with Gasteiger partial charge in [-0.3, -0.25) is 4.79 Å². The maximum Gasteiger partial charge on any atom is 0.261 e. The van der Waals surface area contributed by atoms with Crippen molar-refractivity contribution in [2.45, 2.75) is 19.4 Å². The van der Waals surface area contributed by atoms with Gasteiger partial charge in [-0.05, 0) is 50.7 Å². The first-order valence-electron chi connectivity index (χ1n) is 12.3. The average molecular weight is 505 g/mol. The van der Waals surface area contributed by atoms with Gasteiger partial charge in [-0.15, -0.1) is 11.3 Å². The highest BCUT2D eigenvalue weighted by molar-refractivity contribution is 7.21. The molecule has 8 nitrogen and oxygen atoms in total. The number of hydrogen-bond donors (Lipinski definition) is 2. The van der Waals surface area contributed by atoms with Gasteiger partial charge in [0.1, 0.15) is 0 Å². The number of likely N-dealkylation sites (tertiary alicyclic amines) is 1. The number of likely N-dealkylation sites (N-methyl/N-ethyl adjacent to an activating group) is 1. The van der Waals surface area contributed by atoms with Crippen molar-refractivity contribution < 1.29 is 9.53 Å². The fourth-order valence-corrected chi connectivity index (χ4v) is 5.68. The second-order valence-electron chi connectivity index (χ2n) is 9.41. The Balaban J connectivity index is 1.43. The Morgan fingerprint density at radius 1 is 1.25 bits per heavy atom. The van der Waals surface area contributed by atoms with E-state index in [0.29, 0.717) is 29.6 Å². The summed E-state index contributed by atoms with van der Waals surface area (Å²) in [4.78, 5) is 27.6. The average Bonchev–Trinajstić information content (AvgIpc) is 3.50. The van der Waals surface area contributed by atoms with Gasteiger partial charge in [-0.2, -0.15) is 0 Å². The van der Waals surface area contributed by atoms with Crippen LogP contribution in [-0.2, 0) is 4.74 Å². The van der Waals surface area contributed by atoms with Gasteiger partial charge in [-0.1, -0.05) is 23.8 Å². The Hall–Kier alpha value is -3.27. The molecule has 0 aliphatic carbocycles. The van der Waals surface area contributed by atoms with Crippen LogP contribution in [0, 0.1) is 6.92 Å². The number of nitrogens with one attached hydrogen (secondary N) is 1. The van der Waals surface area contributed by atoms with E-state index in [1.165, 1.54) is 11.3 Å². The number of nitrogens with two attached hydrogens (primary N) is 1. The van der Waals surface area contributed by atoms with E-state index in [9.17, 15) is 4.79 Å². The van der Waals surface area contributed by atoms with Crippen molar-refractivity contribution in [3.63, 3.8) is 0 Å². The van der Waals surface area contributed by atoms with Crippen LogP contribution in [0.15, 0.2) is 47.5 Å². The SMILES string of the molecule is Cc1cccc(/C(N)=C/C=Nc2cc(N3CCOCC3)c3sc(C(=O)NC4CCN(C)C4)cc3n2)c1. The highest BCUT2D eigenvalue weighted by Crippen LogP contribution is 2.36. The van der Waals surface area contributed by atoms with Crippen molar-refractivity contribution in [2.75, 3.05) is 51.3 Å². The molecule has 0 saturated carbocycles. The standard InChI is InChI=1S/C27H32N6O2S/c1-18-4-3-5-19(14-18)21(28)6-8-29-25-16-23(33-10-12-35-13-11-33)26-22(31-25)15-24(36-26)27(34)30-20-7-9-32(2)17-20/h3-6,8,14-16,20H,7,9-13,17,28H2,1-2H3,(H,30,34)/b21-6-,29-8?. The van der Waals surface area contributed by atoms with E-state index in [-0.39, 0.29) is 11.9 Å². The molecule has 2 aromatic heterocycles. The lowest BCUT2D eigenvalue weighted by atomic mass is 10.1. The largest absolute Gasteiger partial charge is 0.398 e. The van der Waals surface area contributed by atoms with Crippen LogP contribution in [0.2, 0.25) is 0 Å². The number of pyridine rings is 1. The lowest BCUT2D eigenvalue weighted by molar-refractivity contribution is 0.0942. The van der Waals surface area contributed by atoms with E-state index in [4.69, 9.17) is 15.5 Å². The summed E-state index contributed by atoms with van der Waals surface area (Å²) in [5, 5.41) is 3.18. The van der Waals surface area contributed by atoms with Crippen LogP contribution in [-0.4, -0.2) is 74.5 Å². The van der Waals surface area contributed by atoms with Crippen molar-refractivity contribution in [1.82, 2.24) is 15.2 Å². The zero-order valence-electron chi connectivity index (χ0n) is 20.7. The summed E-state index contributed by atoms with van der Waals surface area (Å²) in [7, 11) is 2.08. The zero-order chi connectivity index (χ0) is 25.1. The summed E-state index contributed by atoms with van der Waals surface area (Å²) >= 11 is 1.49. The molecular formula is C27H32N6O2S. The zero-order valence-corrected chi connectivity index (χ0v) is 21.6. The van der Waals surface area contributed by atoms with Gasteiger partial charge < -0.3 is 25.6 Å². The third-order valence-electron chi connectivity index (χ3n) is 6.56. The van der Waals surface area contributed by atoms with Gasteiger partial charge in [0.15, 0.2) is 5.82 Å². The van der Waals surface area contributed by atoms with Gasteiger partial charge in [0, 0.05) is 43.7 Å². The molecular weight excluding hydrogens is 472 g/mol. The minimum atomic E-state index is -0.0369. The number of benzene rings is 1. The number of thiophene rings is 1. The first-order chi connectivity index (χ1) is 17.5. The maximum absolute atomic E-state index is 13.0. The number of morpholine rings is 1. The lowest BCUT2D eigenvalue weighted by Gasteiger charge is -2.29. The second-order valence-corrected chi connectivity index (χ2v) is 10.5. The number of amides is 1. The summed E-state index contributed by atoms with van der Waals surface area (Å²) in [6.45, 7) is 6.85. The highest BCUT2D eigenvalue weighted by atomic mass is 32.1. The fourth-order valence-electron chi connectivity index (χ4n) is 4.63. The molecule has 0 bridgehead atoms. The number of ether oxygens (including phenoxy) is 1. The van der Waals surface area contributed by atoms with Gasteiger partial charge in [0.2, 0.25) is 0 Å². The molecule has 5 rings (SSSR count). The molecule has 2 aliphatic rings. The van der Waals surface area contributed by atoms with Crippen LogP contribution in [0.3, 0.4) is 0 Å². The summed E-state index contributed by atoms with van der Waals surface area (Å²) in [5.74, 6) is 0.546. The van der Waals surface area contributed by atoms with Gasteiger partial charge >= 0.3 is 0 Å². The van der Waals surface area contributed by atoms with Crippen molar-refractivity contribution >= 4 is 50.9 Å². The maximum atomic E-state index is 13.0. The van der Waals surface area contributed by atoms with Crippen LogP contribution in [0.25, 0.3) is 15.9 Å². The molecule has 9 heteroatoms. The van der Waals surface area contributed by atoms with E-state index >= 15 is 0 Å². The van der Waals surface area contributed by atoms with E-state index in [2.05, 4.69) is 27.2 Å². The van der Waals surface area contributed by atoms with Crippen LogP contribution in [0.4, 0.5) is 11.5 Å². The van der Waals surface area contributed by atoms with Crippen molar-refractivity contribution in [1.29, 1.82) is 0 Å². The molecule has 2 saturated heterocycles. The van der Waals surface area contributed by atoms with Crippen molar-refractivity contribution in [3.8, 4) is 0 Å². The van der Waals surface area contributed by atoms with Crippen LogP contribution < -0.4 is 16.0 Å². The second kappa shape index (κ2) is 10.8. The summed E-state index contributed by atoms with van der Waals surface area (Å²) in [6.07, 6.45) is 4.45. The number of rotatable bonds is 6. The topological polar surface area (TPSA) is 96.1 Å². The van der Waals surface area contributed by atoms with Gasteiger partial charge in [0.25, 0.3) is 5.91 Å². The Labute approximate surface area is 215 Å². The molecule has 3 aromatic rings. The van der Waals surface area contributed by atoms with Crippen molar-refractivity contribution in [3.05, 3.63) is 58.5 Å². The Bertz CT molecular complexity index is 1310. The summed E-state index contributed by atoms with van der Waals surface area (Å²) < 4.78 is 6.56. The number of fused-ring (bicyclic) bond motifs is 1. The Morgan fingerprint density at radius 2 is 2.08 bits per heavy atom. The molecule has 1 unspecified atom stereocenters. The smallest absolute Gasteiger partial charge is 0.261 e. The number of aryl methyl sites for hydroxylation is 1. The fraction of sp³-hybridized carbons (Fsp3) is 0.370. The first kappa shape index (κ1) is 24.4. The number of allylic oxidation sites excluding steroid dienone is 1. The third-order valence-corrected chi connectivity index (χ3v) is 7.71. The number of carbonyl (C=O) groups excluding carboxylic acids is 1. The molecule has 1 amide bonds. The normalized spacial score (nSPS) is 19.4. The minimum Gasteiger partial charge on any atom is -0.398 e. The summed E-state index contributed by atoms with van der Waals surface area (Å²) in [6, 6.07) is 12.1. The number of carbonyl (C=O) groups is 1. The van der Waals surface area contributed by atoms with E-state index < -0.39 is 0 Å². The molecule has 4 heterocycles. The van der Waals surface area contributed by atoms with Crippen LogP contribution in [0.1, 0.15) is 27.2 Å². The molecule has 0 spiro atoms. The summed E-state index contributed by atoms with van der Waals surface area (Å²) in [5.41, 5.74) is 10.8. The van der Waals surface area contributed by atoms with Crippen molar-refractivity contribution in [2.24, 2.45) is 10.7 Å². The molecule has 36 heavy (non-hydrogen) atoms. The number of aliphatic imine (C=N–C) groups is 1. The first-order valence-corrected chi connectivity index (χ1v) is 13.1. The molecule has 3 N–H and O–H groups in total. The molecule has 1 aromatic carbocycles. The monoisotopic (exact) mass is 504 g/mol.